The molecule has 0 aliphatic carbocycles. The van der Waals surface area contributed by atoms with E-state index in [1.54, 1.807) is 0 Å². The number of carbonyl (C=O) groups is 4. The zero-order valence-electron chi connectivity index (χ0n) is 10.1. The second-order valence-electron chi connectivity index (χ2n) is 4.65. The summed E-state index contributed by atoms with van der Waals surface area (Å²) in [5.41, 5.74) is 0. The number of aliphatic carboxylic acids is 2. The van der Waals surface area contributed by atoms with Crippen LogP contribution in [0.2, 0.25) is 0 Å². The van der Waals surface area contributed by atoms with Crippen LogP contribution in [0.25, 0.3) is 0 Å². The molecule has 2 aliphatic rings. The average Bonchev–Trinajstić information content (AvgIpc) is 2.85. The molecule has 8 nitrogen and oxygen atoms in total. The Morgan fingerprint density at radius 2 is 1.32 bits per heavy atom. The van der Waals surface area contributed by atoms with E-state index in [9.17, 15) is 19.2 Å². The molecule has 2 N–H and O–H groups in total. The number of hydrogen-bond donors (Lipinski definition) is 2. The van der Waals surface area contributed by atoms with Gasteiger partial charge in [-0.3, -0.25) is 9.59 Å². The standard InChI is InChI=1S/C11H14N2O6/c14-8-3-1-6(10(16)17)12(8)5-13-7(11(18)19)2-4-9(13)15/h6-7H,1-5H2,(H,16,17)(H,18,19)/t6-,7-/m0/s1. The van der Waals surface area contributed by atoms with E-state index in [0.29, 0.717) is 0 Å². The van der Waals surface area contributed by atoms with E-state index in [1.165, 1.54) is 0 Å². The molecule has 2 amide bonds. The Hall–Kier alpha value is -2.12. The number of carbonyl (C=O) groups excluding carboxylic acids is 2. The highest BCUT2D eigenvalue weighted by Crippen LogP contribution is 2.24. The van der Waals surface area contributed by atoms with Crippen molar-refractivity contribution in [2.24, 2.45) is 0 Å². The van der Waals surface area contributed by atoms with Crippen molar-refractivity contribution in [1.29, 1.82) is 0 Å². The summed E-state index contributed by atoms with van der Waals surface area (Å²) in [5.74, 6) is -3.00. The van der Waals surface area contributed by atoms with E-state index >= 15 is 0 Å². The van der Waals surface area contributed by atoms with Crippen LogP contribution in [0.5, 0.6) is 0 Å². The van der Waals surface area contributed by atoms with Crippen LogP contribution in [0.1, 0.15) is 25.7 Å². The van der Waals surface area contributed by atoms with Gasteiger partial charge in [0.05, 0.1) is 6.67 Å². The molecule has 2 saturated heterocycles. The van der Waals surface area contributed by atoms with Gasteiger partial charge in [0.25, 0.3) is 0 Å². The number of likely N-dealkylation sites (tertiary alicyclic amines) is 2. The second-order valence-corrected chi connectivity index (χ2v) is 4.65. The van der Waals surface area contributed by atoms with Crippen LogP contribution in [-0.4, -0.2) is 62.5 Å². The topological polar surface area (TPSA) is 115 Å². The summed E-state index contributed by atoms with van der Waals surface area (Å²) in [6, 6.07) is -1.95. The zero-order valence-corrected chi connectivity index (χ0v) is 10.1. The fourth-order valence-corrected chi connectivity index (χ4v) is 2.50. The van der Waals surface area contributed by atoms with Crippen molar-refractivity contribution in [2.45, 2.75) is 37.8 Å². The molecule has 0 radical (unpaired) electrons. The maximum absolute atomic E-state index is 11.6. The minimum Gasteiger partial charge on any atom is -0.480 e. The smallest absolute Gasteiger partial charge is 0.326 e. The lowest BCUT2D eigenvalue weighted by Gasteiger charge is -2.29. The third-order valence-corrected chi connectivity index (χ3v) is 3.53. The monoisotopic (exact) mass is 270 g/mol. The molecule has 0 aromatic rings. The van der Waals surface area contributed by atoms with Gasteiger partial charge in [0.15, 0.2) is 0 Å². The first kappa shape index (κ1) is 13.3. The lowest BCUT2D eigenvalue weighted by molar-refractivity contribution is -0.153. The summed E-state index contributed by atoms with van der Waals surface area (Å²) in [6.45, 7) is -0.258. The maximum Gasteiger partial charge on any atom is 0.326 e. The first-order chi connectivity index (χ1) is 8.91. The van der Waals surface area contributed by atoms with Gasteiger partial charge in [0, 0.05) is 12.8 Å². The number of carboxylic acids is 2. The number of amides is 2. The Balaban J connectivity index is 2.14. The molecule has 2 atom stereocenters. The van der Waals surface area contributed by atoms with Crippen LogP contribution in [0.3, 0.4) is 0 Å². The third-order valence-electron chi connectivity index (χ3n) is 3.53. The highest BCUT2D eigenvalue weighted by Gasteiger charge is 2.42. The molecule has 0 unspecified atom stereocenters. The van der Waals surface area contributed by atoms with E-state index in [2.05, 4.69) is 0 Å². The molecule has 0 bridgehead atoms. The summed E-state index contributed by atoms with van der Waals surface area (Å²) >= 11 is 0. The molecule has 8 heteroatoms. The van der Waals surface area contributed by atoms with Crippen molar-refractivity contribution < 1.29 is 29.4 Å². The third kappa shape index (κ3) is 2.38. The highest BCUT2D eigenvalue weighted by atomic mass is 16.4. The molecule has 0 aromatic carbocycles. The quantitative estimate of drug-likeness (QED) is 0.683. The van der Waals surface area contributed by atoms with Gasteiger partial charge in [-0.05, 0) is 12.8 Å². The first-order valence-corrected chi connectivity index (χ1v) is 5.96. The van der Waals surface area contributed by atoms with E-state index < -0.39 is 24.0 Å². The van der Waals surface area contributed by atoms with Crippen LogP contribution in [0.15, 0.2) is 0 Å². The summed E-state index contributed by atoms with van der Waals surface area (Å²) < 4.78 is 0. The predicted molar refractivity (Wildman–Crippen MR) is 59.9 cm³/mol. The molecule has 104 valence electrons. The van der Waals surface area contributed by atoms with Crippen molar-refractivity contribution in [2.75, 3.05) is 6.67 Å². The Morgan fingerprint density at radius 1 is 0.947 bits per heavy atom. The molecular formula is C11H14N2O6. The van der Waals surface area contributed by atoms with E-state index in [0.717, 1.165) is 9.80 Å². The molecule has 2 rings (SSSR count). The van der Waals surface area contributed by atoms with Crippen LogP contribution in [0, 0.1) is 0 Å². The van der Waals surface area contributed by atoms with Crippen LogP contribution >= 0.6 is 0 Å². The molecule has 19 heavy (non-hydrogen) atoms. The van der Waals surface area contributed by atoms with Crippen molar-refractivity contribution in [3.05, 3.63) is 0 Å². The van der Waals surface area contributed by atoms with Gasteiger partial charge in [-0.1, -0.05) is 0 Å². The SMILES string of the molecule is O=C(O)[C@@H]1CCC(=O)N1CN1C(=O)CC[C@H]1C(=O)O. The van der Waals surface area contributed by atoms with Gasteiger partial charge in [0.1, 0.15) is 12.1 Å². The van der Waals surface area contributed by atoms with Gasteiger partial charge < -0.3 is 20.0 Å². The fraction of sp³-hybridized carbons (Fsp3) is 0.636. The Labute approximate surface area is 108 Å². The maximum atomic E-state index is 11.6. The second kappa shape index (κ2) is 4.87. The molecular weight excluding hydrogens is 256 g/mol. The minimum absolute atomic E-state index is 0.108. The molecule has 0 aromatic heterocycles. The summed E-state index contributed by atoms with van der Waals surface area (Å²) in [5, 5.41) is 18.0. The lowest BCUT2D eigenvalue weighted by atomic mass is 10.2. The Kier molecular flexibility index (Phi) is 3.41. The Bertz CT molecular complexity index is 408. The number of nitrogens with zero attached hydrogens (tertiary/aromatic N) is 2. The zero-order chi connectivity index (χ0) is 14.2. The largest absolute Gasteiger partial charge is 0.480 e. The average molecular weight is 270 g/mol. The van der Waals surface area contributed by atoms with E-state index in [1.807, 2.05) is 0 Å². The predicted octanol–water partition coefficient (Wildman–Crippen LogP) is -0.905. The highest BCUT2D eigenvalue weighted by molar-refractivity contribution is 5.90. The summed E-state index contributed by atoms with van der Waals surface area (Å²) in [6.07, 6.45) is 0.593. The van der Waals surface area contributed by atoms with Gasteiger partial charge in [-0.25, -0.2) is 9.59 Å². The minimum atomic E-state index is -1.13. The van der Waals surface area contributed by atoms with Gasteiger partial charge in [-0.15, -0.1) is 0 Å². The normalized spacial score (nSPS) is 27.2. The van der Waals surface area contributed by atoms with Crippen molar-refractivity contribution in [3.63, 3.8) is 0 Å². The van der Waals surface area contributed by atoms with Crippen LogP contribution < -0.4 is 0 Å². The summed E-state index contributed by atoms with van der Waals surface area (Å²) in [4.78, 5) is 47.4. The first-order valence-electron chi connectivity index (χ1n) is 5.96. The van der Waals surface area contributed by atoms with Crippen LogP contribution in [-0.2, 0) is 19.2 Å². The lowest BCUT2D eigenvalue weighted by Crippen LogP contribution is -2.50. The molecule has 0 saturated carbocycles. The molecule has 2 heterocycles. The van der Waals surface area contributed by atoms with Crippen molar-refractivity contribution >= 4 is 23.8 Å². The van der Waals surface area contributed by atoms with Crippen molar-refractivity contribution in [1.82, 2.24) is 9.80 Å². The van der Waals surface area contributed by atoms with Gasteiger partial charge in [0.2, 0.25) is 11.8 Å². The van der Waals surface area contributed by atoms with Crippen LogP contribution in [0.4, 0.5) is 0 Å². The molecule has 0 spiro atoms. The molecule has 2 fully saturated rings. The number of rotatable bonds is 4. The Morgan fingerprint density at radius 3 is 1.63 bits per heavy atom. The van der Waals surface area contributed by atoms with Gasteiger partial charge >= 0.3 is 11.9 Å². The van der Waals surface area contributed by atoms with E-state index in [4.69, 9.17) is 10.2 Å². The number of hydrogen-bond acceptors (Lipinski definition) is 4. The molecule has 2 aliphatic heterocycles. The fourth-order valence-electron chi connectivity index (χ4n) is 2.50. The van der Waals surface area contributed by atoms with Crippen molar-refractivity contribution in [3.8, 4) is 0 Å². The summed E-state index contributed by atoms with van der Waals surface area (Å²) in [7, 11) is 0. The number of carboxylic acid groups (broad SMARTS) is 2. The van der Waals surface area contributed by atoms with Gasteiger partial charge in [-0.2, -0.15) is 0 Å². The van der Waals surface area contributed by atoms with E-state index in [-0.39, 0.29) is 44.2 Å².